The third-order valence-electron chi connectivity index (χ3n) is 8.23. The van der Waals surface area contributed by atoms with Crippen molar-refractivity contribution in [1.29, 1.82) is 5.26 Å². The highest BCUT2D eigenvalue weighted by Gasteiger charge is 2.45. The van der Waals surface area contributed by atoms with Crippen molar-refractivity contribution in [3.05, 3.63) is 116 Å². The highest BCUT2D eigenvalue weighted by Crippen LogP contribution is 2.51. The SMILES string of the molecule is CCc1ccccc1N1C(N)=C(C#N)C(c2cc(C)cc(COc3ccccc3Br)c2C)C2=C1CC(C)(C)CC2=O. The van der Waals surface area contributed by atoms with Gasteiger partial charge in [0.1, 0.15) is 18.2 Å². The number of halogens is 1. The lowest BCUT2D eigenvalue weighted by atomic mass is 9.67. The van der Waals surface area contributed by atoms with Gasteiger partial charge in [0.2, 0.25) is 0 Å². The zero-order valence-electron chi connectivity index (χ0n) is 24.3. The van der Waals surface area contributed by atoms with Crippen LogP contribution in [0, 0.1) is 30.6 Å². The predicted molar refractivity (Wildman–Crippen MR) is 167 cm³/mol. The molecule has 3 aromatic carbocycles. The molecule has 0 saturated carbocycles. The van der Waals surface area contributed by atoms with Crippen LogP contribution in [0.5, 0.6) is 5.75 Å². The van der Waals surface area contributed by atoms with Gasteiger partial charge in [-0.1, -0.05) is 68.8 Å². The first kappa shape index (κ1) is 28.7. The zero-order chi connectivity index (χ0) is 29.5. The summed E-state index contributed by atoms with van der Waals surface area (Å²) in [6, 6.07) is 22.5. The normalized spacial score (nSPS) is 18.3. The Kier molecular flexibility index (Phi) is 7.85. The van der Waals surface area contributed by atoms with Crippen molar-refractivity contribution in [1.82, 2.24) is 0 Å². The molecule has 210 valence electrons. The number of carbonyl (C=O) groups is 1. The van der Waals surface area contributed by atoms with E-state index in [-0.39, 0.29) is 11.2 Å². The first-order valence-electron chi connectivity index (χ1n) is 14.1. The largest absolute Gasteiger partial charge is 0.488 e. The number of Topliss-reactive ketones (excluding diaryl/α,β-unsaturated/α-hetero) is 1. The van der Waals surface area contributed by atoms with Gasteiger partial charge in [-0.05, 0) is 88.5 Å². The number of hydrogen-bond donors (Lipinski definition) is 1. The topological polar surface area (TPSA) is 79.3 Å². The van der Waals surface area contributed by atoms with E-state index in [2.05, 4.69) is 67.9 Å². The van der Waals surface area contributed by atoms with Gasteiger partial charge in [-0.3, -0.25) is 9.69 Å². The molecule has 5 nitrogen and oxygen atoms in total. The van der Waals surface area contributed by atoms with Crippen LogP contribution >= 0.6 is 15.9 Å². The fraction of sp³-hybridized carbons (Fsp3) is 0.314. The maximum atomic E-state index is 14.1. The van der Waals surface area contributed by atoms with Gasteiger partial charge in [0.05, 0.1) is 27.7 Å². The van der Waals surface area contributed by atoms with E-state index in [1.807, 2.05) is 54.3 Å². The molecule has 1 atom stereocenters. The molecular weight excluding hydrogens is 574 g/mol. The number of ether oxygens (including phenoxy) is 1. The van der Waals surface area contributed by atoms with Gasteiger partial charge >= 0.3 is 0 Å². The van der Waals surface area contributed by atoms with E-state index in [9.17, 15) is 10.1 Å². The predicted octanol–water partition coefficient (Wildman–Crippen LogP) is 8.15. The summed E-state index contributed by atoms with van der Waals surface area (Å²) in [6.07, 6.45) is 1.92. The Labute approximate surface area is 251 Å². The van der Waals surface area contributed by atoms with Gasteiger partial charge in [0.15, 0.2) is 5.78 Å². The summed E-state index contributed by atoms with van der Waals surface area (Å²) in [5.41, 5.74) is 14.7. The second kappa shape index (κ2) is 11.2. The van der Waals surface area contributed by atoms with Gasteiger partial charge in [-0.2, -0.15) is 5.26 Å². The molecule has 3 aromatic rings. The molecule has 0 amide bonds. The summed E-state index contributed by atoms with van der Waals surface area (Å²) in [4.78, 5) is 16.1. The minimum Gasteiger partial charge on any atom is -0.488 e. The van der Waals surface area contributed by atoms with Crippen LogP contribution in [0.2, 0.25) is 0 Å². The summed E-state index contributed by atoms with van der Waals surface area (Å²) in [7, 11) is 0. The van der Waals surface area contributed by atoms with Crippen molar-refractivity contribution in [2.45, 2.75) is 66.4 Å². The molecule has 2 N–H and O–H groups in total. The second-order valence-electron chi connectivity index (χ2n) is 11.8. The van der Waals surface area contributed by atoms with Crippen molar-refractivity contribution in [3.63, 3.8) is 0 Å². The number of benzene rings is 3. The molecule has 0 spiro atoms. The third-order valence-corrected chi connectivity index (χ3v) is 8.88. The number of anilines is 1. The molecule has 0 aromatic heterocycles. The maximum Gasteiger partial charge on any atom is 0.162 e. The van der Waals surface area contributed by atoms with Crippen molar-refractivity contribution < 1.29 is 9.53 Å². The van der Waals surface area contributed by atoms with Crippen molar-refractivity contribution >= 4 is 27.4 Å². The standard InChI is InChI=1S/C35H36BrN3O2/c1-6-23-11-7-9-13-28(23)39-29-17-35(4,5)18-30(40)33(29)32(26(19-37)34(39)38)25-16-21(2)15-24(22(25)3)20-41-31-14-10-8-12-27(31)36/h7-16,32H,6,17-18,20,38H2,1-5H3. The number of carbonyl (C=O) groups excluding carboxylic acids is 1. The van der Waals surface area contributed by atoms with Crippen molar-refractivity contribution in [2.75, 3.05) is 4.90 Å². The highest BCUT2D eigenvalue weighted by atomic mass is 79.9. The van der Waals surface area contributed by atoms with E-state index in [0.29, 0.717) is 36.4 Å². The van der Waals surface area contributed by atoms with Gasteiger partial charge in [-0.25, -0.2) is 0 Å². The first-order valence-corrected chi connectivity index (χ1v) is 14.9. The number of para-hydroxylation sites is 2. The van der Waals surface area contributed by atoms with Gasteiger partial charge in [0, 0.05) is 17.7 Å². The molecule has 41 heavy (non-hydrogen) atoms. The molecule has 6 heteroatoms. The number of nitriles is 1. The molecule has 1 unspecified atom stereocenters. The minimum absolute atomic E-state index is 0.0763. The lowest BCUT2D eigenvalue weighted by molar-refractivity contribution is -0.118. The van der Waals surface area contributed by atoms with Crippen LogP contribution in [0.15, 0.2) is 87.8 Å². The molecule has 1 heterocycles. The molecular formula is C35H36BrN3O2. The smallest absolute Gasteiger partial charge is 0.162 e. The van der Waals surface area contributed by atoms with E-state index >= 15 is 0 Å². The number of hydrogen-bond acceptors (Lipinski definition) is 5. The highest BCUT2D eigenvalue weighted by molar-refractivity contribution is 9.10. The van der Waals surface area contributed by atoms with E-state index < -0.39 is 5.92 Å². The van der Waals surface area contributed by atoms with Gasteiger partial charge < -0.3 is 10.5 Å². The monoisotopic (exact) mass is 609 g/mol. The molecule has 1 aliphatic heterocycles. The summed E-state index contributed by atoms with van der Waals surface area (Å²) >= 11 is 3.56. The fourth-order valence-electron chi connectivity index (χ4n) is 6.25. The van der Waals surface area contributed by atoms with Crippen LogP contribution in [0.4, 0.5) is 5.69 Å². The number of ketones is 1. The quantitative estimate of drug-likeness (QED) is 0.305. The number of allylic oxidation sites excluding steroid dienone is 3. The minimum atomic E-state index is -0.536. The van der Waals surface area contributed by atoms with E-state index in [4.69, 9.17) is 10.5 Å². The zero-order valence-corrected chi connectivity index (χ0v) is 25.9. The third kappa shape index (κ3) is 5.31. The summed E-state index contributed by atoms with van der Waals surface area (Å²) in [5, 5.41) is 10.6. The van der Waals surface area contributed by atoms with Crippen LogP contribution in [0.1, 0.15) is 67.3 Å². The maximum absolute atomic E-state index is 14.1. The average Bonchev–Trinajstić information content (AvgIpc) is 2.93. The van der Waals surface area contributed by atoms with Crippen LogP contribution in [-0.4, -0.2) is 5.78 Å². The average molecular weight is 611 g/mol. The Bertz CT molecular complexity index is 1640. The summed E-state index contributed by atoms with van der Waals surface area (Å²) < 4.78 is 7.08. The van der Waals surface area contributed by atoms with Crippen LogP contribution in [0.3, 0.4) is 0 Å². The van der Waals surface area contributed by atoms with Crippen molar-refractivity contribution in [2.24, 2.45) is 11.1 Å². The Morgan fingerprint density at radius 2 is 1.78 bits per heavy atom. The molecule has 0 saturated heterocycles. The van der Waals surface area contributed by atoms with E-state index in [1.54, 1.807) is 0 Å². The number of nitrogens with zero attached hydrogens (tertiary/aromatic N) is 2. The van der Waals surface area contributed by atoms with Crippen LogP contribution < -0.4 is 15.4 Å². The Hall–Kier alpha value is -3.82. The number of nitrogens with two attached hydrogens (primary N) is 1. The summed E-state index contributed by atoms with van der Waals surface area (Å²) in [6.45, 7) is 10.8. The van der Waals surface area contributed by atoms with Crippen LogP contribution in [0.25, 0.3) is 0 Å². The fourth-order valence-corrected chi connectivity index (χ4v) is 6.65. The van der Waals surface area contributed by atoms with Crippen LogP contribution in [-0.2, 0) is 17.8 Å². The Balaban J connectivity index is 1.70. The van der Waals surface area contributed by atoms with E-state index in [1.165, 1.54) is 0 Å². The second-order valence-corrected chi connectivity index (χ2v) is 12.7. The summed E-state index contributed by atoms with van der Waals surface area (Å²) in [5.74, 6) is 0.696. The van der Waals surface area contributed by atoms with Gasteiger partial charge in [-0.15, -0.1) is 0 Å². The first-order chi connectivity index (χ1) is 19.6. The van der Waals surface area contributed by atoms with E-state index in [0.717, 1.165) is 55.8 Å². The number of rotatable bonds is 6. The van der Waals surface area contributed by atoms with Crippen molar-refractivity contribution in [3.8, 4) is 11.8 Å². The Morgan fingerprint density at radius 1 is 1.07 bits per heavy atom. The molecule has 0 radical (unpaired) electrons. The lowest BCUT2D eigenvalue weighted by Crippen LogP contribution is -2.42. The molecule has 5 rings (SSSR count). The lowest BCUT2D eigenvalue weighted by Gasteiger charge is -2.44. The molecule has 2 aliphatic rings. The van der Waals surface area contributed by atoms with Gasteiger partial charge in [0.25, 0.3) is 0 Å². The molecule has 1 aliphatic carbocycles. The molecule has 0 fully saturated rings. The molecule has 0 bridgehead atoms. The Morgan fingerprint density at radius 3 is 2.49 bits per heavy atom. The number of aryl methyl sites for hydroxylation is 2.